The molecule has 0 aliphatic heterocycles. The number of aliphatic hydroxyl groups is 1. The Morgan fingerprint density at radius 2 is 1.96 bits per heavy atom. The van der Waals surface area contributed by atoms with Gasteiger partial charge in [-0.2, -0.15) is 18.4 Å². The van der Waals surface area contributed by atoms with E-state index in [9.17, 15) is 27.1 Å². The van der Waals surface area contributed by atoms with Crippen molar-refractivity contribution in [3.63, 3.8) is 0 Å². The van der Waals surface area contributed by atoms with Crippen LogP contribution in [0.4, 0.5) is 22.0 Å². The van der Waals surface area contributed by atoms with Gasteiger partial charge in [-0.15, -0.1) is 0 Å². The zero-order valence-corrected chi connectivity index (χ0v) is 13.2. The highest BCUT2D eigenvalue weighted by atomic mass is 35.5. The number of aromatic nitrogens is 1. The van der Waals surface area contributed by atoms with Crippen molar-refractivity contribution in [3.05, 3.63) is 51.8 Å². The number of halogens is 6. The summed E-state index contributed by atoms with van der Waals surface area (Å²) < 4.78 is 68.5. The number of nitriles is 1. The lowest BCUT2D eigenvalue weighted by atomic mass is 9.89. The highest BCUT2D eigenvalue weighted by molar-refractivity contribution is 6.30. The van der Waals surface area contributed by atoms with Crippen LogP contribution in [0.2, 0.25) is 5.02 Å². The minimum absolute atomic E-state index is 0.0723. The molecule has 1 aliphatic rings. The second-order valence-corrected chi connectivity index (χ2v) is 6.18. The van der Waals surface area contributed by atoms with Crippen molar-refractivity contribution in [2.24, 2.45) is 0 Å². The molecule has 3 rings (SSSR count). The van der Waals surface area contributed by atoms with Gasteiger partial charge in [-0.1, -0.05) is 11.6 Å². The molecule has 3 nitrogen and oxygen atoms in total. The predicted octanol–water partition coefficient (Wildman–Crippen LogP) is 4.64. The SMILES string of the molecule is N#Cc1cc(Cl)cc(-n2cc(C(F)(F)F)c3c2CCC(F)(F)C3O)c1. The molecular weight excluding hydrogens is 367 g/mol. The summed E-state index contributed by atoms with van der Waals surface area (Å²) in [4.78, 5) is 0. The van der Waals surface area contributed by atoms with Gasteiger partial charge in [0.25, 0.3) is 5.92 Å². The molecular formula is C16H10ClF5N2O. The molecule has 0 saturated heterocycles. The van der Waals surface area contributed by atoms with E-state index in [0.29, 0.717) is 6.20 Å². The highest BCUT2D eigenvalue weighted by Gasteiger charge is 2.50. The van der Waals surface area contributed by atoms with Gasteiger partial charge in [-0.05, 0) is 24.6 Å². The number of hydrogen-bond donors (Lipinski definition) is 1. The molecule has 132 valence electrons. The summed E-state index contributed by atoms with van der Waals surface area (Å²) in [6, 6.07) is 5.77. The standard InChI is InChI=1S/C16H10ClF5N2O/c17-9-3-8(6-23)4-10(5-9)24-7-11(16(20,21)22)13-12(24)1-2-15(18,19)14(13)25/h3-5,7,14,25H,1-2H2. The van der Waals surface area contributed by atoms with Crippen LogP contribution in [0.25, 0.3) is 5.69 Å². The molecule has 2 aromatic rings. The summed E-state index contributed by atoms with van der Waals surface area (Å²) in [7, 11) is 0. The fraction of sp³-hybridized carbons (Fsp3) is 0.312. The molecule has 1 heterocycles. The van der Waals surface area contributed by atoms with Crippen molar-refractivity contribution in [1.82, 2.24) is 4.57 Å². The second kappa shape index (κ2) is 5.71. The normalized spacial score (nSPS) is 19.4. The number of alkyl halides is 5. The monoisotopic (exact) mass is 376 g/mol. The summed E-state index contributed by atoms with van der Waals surface area (Å²) >= 11 is 5.88. The third-order valence-corrected chi connectivity index (χ3v) is 4.33. The molecule has 0 bridgehead atoms. The molecule has 1 N–H and O–H groups in total. The van der Waals surface area contributed by atoms with Crippen molar-refractivity contribution in [3.8, 4) is 11.8 Å². The quantitative estimate of drug-likeness (QED) is 0.737. The average molecular weight is 377 g/mol. The molecule has 0 fully saturated rings. The minimum atomic E-state index is -4.92. The second-order valence-electron chi connectivity index (χ2n) is 5.74. The maximum Gasteiger partial charge on any atom is 0.418 e. The first-order valence-corrected chi connectivity index (χ1v) is 7.50. The molecule has 0 spiro atoms. The van der Waals surface area contributed by atoms with Crippen molar-refractivity contribution in [2.45, 2.75) is 31.0 Å². The van der Waals surface area contributed by atoms with Gasteiger partial charge in [-0.3, -0.25) is 0 Å². The Bertz CT molecular complexity index is 882. The third-order valence-electron chi connectivity index (χ3n) is 4.11. The summed E-state index contributed by atoms with van der Waals surface area (Å²) in [6.07, 6.45) is -7.95. The van der Waals surface area contributed by atoms with Crippen LogP contribution >= 0.6 is 11.6 Å². The topological polar surface area (TPSA) is 49.0 Å². The lowest BCUT2D eigenvalue weighted by molar-refractivity contribution is -0.147. The molecule has 25 heavy (non-hydrogen) atoms. The van der Waals surface area contributed by atoms with E-state index in [1.165, 1.54) is 18.2 Å². The molecule has 1 aromatic carbocycles. The Hall–Kier alpha value is -2.11. The number of nitrogens with zero attached hydrogens (tertiary/aromatic N) is 2. The predicted molar refractivity (Wildman–Crippen MR) is 78.7 cm³/mol. The molecule has 0 radical (unpaired) electrons. The first-order valence-electron chi connectivity index (χ1n) is 7.13. The van der Waals surface area contributed by atoms with Crippen LogP contribution in [0.5, 0.6) is 0 Å². The van der Waals surface area contributed by atoms with Crippen molar-refractivity contribution in [2.75, 3.05) is 0 Å². The van der Waals surface area contributed by atoms with Gasteiger partial charge in [0.15, 0.2) is 0 Å². The van der Waals surface area contributed by atoms with E-state index in [-0.39, 0.29) is 28.4 Å². The van der Waals surface area contributed by atoms with E-state index in [4.69, 9.17) is 16.9 Å². The summed E-state index contributed by atoms with van der Waals surface area (Å²) in [5, 5.41) is 18.9. The van der Waals surface area contributed by atoms with Crippen LogP contribution in [0, 0.1) is 11.3 Å². The van der Waals surface area contributed by atoms with Gasteiger partial charge in [0.05, 0.1) is 17.2 Å². The van der Waals surface area contributed by atoms with E-state index in [0.717, 1.165) is 4.57 Å². The molecule has 9 heteroatoms. The smallest absolute Gasteiger partial charge is 0.382 e. The molecule has 1 unspecified atom stereocenters. The van der Waals surface area contributed by atoms with Crippen LogP contribution in [-0.2, 0) is 12.6 Å². The Balaban J connectivity index is 2.28. The molecule has 1 aromatic heterocycles. The fourth-order valence-corrected chi connectivity index (χ4v) is 3.22. The Morgan fingerprint density at radius 3 is 2.56 bits per heavy atom. The fourth-order valence-electron chi connectivity index (χ4n) is 2.99. The number of rotatable bonds is 1. The van der Waals surface area contributed by atoms with Crippen molar-refractivity contribution < 1.29 is 27.1 Å². The van der Waals surface area contributed by atoms with E-state index in [2.05, 4.69) is 0 Å². The number of aliphatic hydroxyl groups excluding tert-OH is 1. The van der Waals surface area contributed by atoms with Gasteiger partial charge in [0, 0.05) is 34.6 Å². The van der Waals surface area contributed by atoms with E-state index in [1.54, 1.807) is 0 Å². The van der Waals surface area contributed by atoms with Gasteiger partial charge in [-0.25, -0.2) is 8.78 Å². The summed E-state index contributed by atoms with van der Waals surface area (Å²) in [5.74, 6) is -3.65. The van der Waals surface area contributed by atoms with Gasteiger partial charge in [0.2, 0.25) is 0 Å². The van der Waals surface area contributed by atoms with Crippen molar-refractivity contribution >= 4 is 11.6 Å². The lowest BCUT2D eigenvalue weighted by Gasteiger charge is -2.29. The van der Waals surface area contributed by atoms with E-state index in [1.807, 2.05) is 6.07 Å². The number of hydrogen-bond acceptors (Lipinski definition) is 2. The first kappa shape index (κ1) is 17.7. The van der Waals surface area contributed by atoms with Crippen LogP contribution in [-0.4, -0.2) is 15.6 Å². The molecule has 0 saturated carbocycles. The van der Waals surface area contributed by atoms with Crippen LogP contribution in [0.15, 0.2) is 24.4 Å². The Kier molecular flexibility index (Phi) is 4.05. The van der Waals surface area contributed by atoms with E-state index < -0.39 is 35.8 Å². The highest BCUT2D eigenvalue weighted by Crippen LogP contribution is 2.48. The van der Waals surface area contributed by atoms with Crippen molar-refractivity contribution in [1.29, 1.82) is 5.26 Å². The largest absolute Gasteiger partial charge is 0.418 e. The Morgan fingerprint density at radius 1 is 1.28 bits per heavy atom. The molecule has 1 atom stereocenters. The first-order chi connectivity index (χ1) is 11.5. The minimum Gasteiger partial charge on any atom is -0.382 e. The number of fused-ring (bicyclic) bond motifs is 1. The maximum atomic E-state index is 13.7. The van der Waals surface area contributed by atoms with Gasteiger partial charge >= 0.3 is 6.18 Å². The Labute approximate surface area is 143 Å². The third kappa shape index (κ3) is 2.98. The average Bonchev–Trinajstić information content (AvgIpc) is 2.90. The molecule has 0 amide bonds. The van der Waals surface area contributed by atoms with Crippen LogP contribution < -0.4 is 0 Å². The van der Waals surface area contributed by atoms with Gasteiger partial charge < -0.3 is 9.67 Å². The molecule has 1 aliphatic carbocycles. The van der Waals surface area contributed by atoms with E-state index >= 15 is 0 Å². The summed E-state index contributed by atoms with van der Waals surface area (Å²) in [5.41, 5.74) is -1.99. The maximum absolute atomic E-state index is 13.7. The van der Waals surface area contributed by atoms with Gasteiger partial charge in [0.1, 0.15) is 6.10 Å². The lowest BCUT2D eigenvalue weighted by Crippen LogP contribution is -2.33. The van der Waals surface area contributed by atoms with Crippen LogP contribution in [0.1, 0.15) is 34.9 Å². The zero-order valence-electron chi connectivity index (χ0n) is 12.4. The van der Waals surface area contributed by atoms with Crippen LogP contribution in [0.3, 0.4) is 0 Å². The zero-order chi connectivity index (χ0) is 18.6. The number of benzene rings is 1. The summed E-state index contributed by atoms with van der Waals surface area (Å²) in [6.45, 7) is 0.